The van der Waals surface area contributed by atoms with E-state index in [9.17, 15) is 4.79 Å². The van der Waals surface area contributed by atoms with Crippen molar-refractivity contribution in [1.29, 1.82) is 0 Å². The molecule has 2 rings (SSSR count). The number of anilines is 1. The summed E-state index contributed by atoms with van der Waals surface area (Å²) in [6.45, 7) is 1.93. The molecule has 0 saturated carbocycles. The van der Waals surface area contributed by atoms with Crippen LogP contribution in [0.4, 0.5) is 5.00 Å². The molecule has 2 aromatic heterocycles. The highest BCUT2D eigenvalue weighted by Gasteiger charge is 2.16. The van der Waals surface area contributed by atoms with E-state index in [1.165, 1.54) is 28.2 Å². The highest BCUT2D eigenvalue weighted by Crippen LogP contribution is 2.26. The minimum atomic E-state index is -1.02. The average molecular weight is 255 g/mol. The summed E-state index contributed by atoms with van der Waals surface area (Å²) in [6, 6.07) is -0.0152. The minimum absolute atomic E-state index is 0.0152. The van der Waals surface area contributed by atoms with Gasteiger partial charge in [0.1, 0.15) is 10.0 Å². The van der Waals surface area contributed by atoms with Gasteiger partial charge in [0, 0.05) is 11.6 Å². The maximum absolute atomic E-state index is 10.8. The number of thiazole rings is 2. The lowest BCUT2D eigenvalue weighted by Crippen LogP contribution is -2.08. The number of carboxylic acids is 1. The Morgan fingerprint density at radius 3 is 2.94 bits per heavy atom. The fraction of sp³-hybridized carbons (Fsp3) is 0.222. The smallest absolute Gasteiger partial charge is 0.357 e. The highest BCUT2D eigenvalue weighted by molar-refractivity contribution is 7.14. The summed E-state index contributed by atoms with van der Waals surface area (Å²) in [5, 5.41) is 15.4. The fourth-order valence-corrected chi connectivity index (χ4v) is 2.61. The van der Waals surface area contributed by atoms with Gasteiger partial charge in [-0.2, -0.15) is 0 Å². The standard InChI is InChI=1S/C9H9N3O2S2/c1-5(7-10-2-3-15-7)12-8-6(9(13)14)11-4-16-8/h2-5,12H,1H3,(H,13,14). The van der Waals surface area contributed by atoms with Crippen LogP contribution in [-0.2, 0) is 0 Å². The van der Waals surface area contributed by atoms with Crippen molar-refractivity contribution >= 4 is 33.6 Å². The molecule has 0 aromatic carbocycles. The van der Waals surface area contributed by atoms with Gasteiger partial charge in [0.25, 0.3) is 0 Å². The summed E-state index contributed by atoms with van der Waals surface area (Å²) in [4.78, 5) is 18.8. The third kappa shape index (κ3) is 2.20. The first-order valence-corrected chi connectivity index (χ1v) is 6.27. The molecule has 0 aliphatic heterocycles. The van der Waals surface area contributed by atoms with Crippen LogP contribution < -0.4 is 5.32 Å². The van der Waals surface area contributed by atoms with Gasteiger partial charge in [0.05, 0.1) is 11.6 Å². The maximum Gasteiger partial charge on any atom is 0.357 e. The zero-order valence-electron chi connectivity index (χ0n) is 8.38. The number of rotatable bonds is 4. The number of nitrogens with one attached hydrogen (secondary N) is 1. The van der Waals surface area contributed by atoms with E-state index in [1.807, 2.05) is 12.3 Å². The van der Waals surface area contributed by atoms with E-state index in [0.717, 1.165) is 5.01 Å². The molecule has 0 spiro atoms. The average Bonchev–Trinajstić information content (AvgIpc) is 2.86. The van der Waals surface area contributed by atoms with Gasteiger partial charge in [0.15, 0.2) is 5.69 Å². The van der Waals surface area contributed by atoms with Crippen LogP contribution in [-0.4, -0.2) is 21.0 Å². The van der Waals surface area contributed by atoms with E-state index in [0.29, 0.717) is 5.00 Å². The first-order chi connectivity index (χ1) is 7.68. The van der Waals surface area contributed by atoms with E-state index in [2.05, 4.69) is 15.3 Å². The molecule has 0 aliphatic carbocycles. The third-order valence-corrected chi connectivity index (χ3v) is 3.66. The molecule has 1 unspecified atom stereocenters. The Hall–Kier alpha value is -1.47. The van der Waals surface area contributed by atoms with Crippen molar-refractivity contribution < 1.29 is 9.90 Å². The predicted octanol–water partition coefficient (Wildman–Crippen LogP) is 2.47. The van der Waals surface area contributed by atoms with Crippen LogP contribution in [0.3, 0.4) is 0 Å². The van der Waals surface area contributed by atoms with Crippen molar-refractivity contribution in [1.82, 2.24) is 9.97 Å². The second-order valence-corrected chi connectivity index (χ2v) is 4.85. The summed E-state index contributed by atoms with van der Waals surface area (Å²) in [6.07, 6.45) is 1.73. The van der Waals surface area contributed by atoms with Gasteiger partial charge >= 0.3 is 5.97 Å². The maximum atomic E-state index is 10.8. The Labute approximate surface area is 99.8 Å². The van der Waals surface area contributed by atoms with Gasteiger partial charge in [-0.15, -0.1) is 22.7 Å². The predicted molar refractivity (Wildman–Crippen MR) is 63.2 cm³/mol. The van der Waals surface area contributed by atoms with Gasteiger partial charge in [0.2, 0.25) is 0 Å². The molecule has 16 heavy (non-hydrogen) atoms. The SMILES string of the molecule is CC(Nc1scnc1C(=O)O)c1nccs1. The molecule has 0 bridgehead atoms. The molecule has 2 N–H and O–H groups in total. The lowest BCUT2D eigenvalue weighted by molar-refractivity contribution is 0.0692. The molecule has 0 fully saturated rings. The lowest BCUT2D eigenvalue weighted by Gasteiger charge is -2.10. The Balaban J connectivity index is 2.15. The van der Waals surface area contributed by atoms with Crippen molar-refractivity contribution in [2.75, 3.05) is 5.32 Å². The second-order valence-electron chi connectivity index (χ2n) is 3.07. The second kappa shape index (κ2) is 4.58. The van der Waals surface area contributed by atoms with Crippen LogP contribution in [0.5, 0.6) is 0 Å². The van der Waals surface area contributed by atoms with Gasteiger partial charge in [-0.3, -0.25) is 0 Å². The number of aromatic carboxylic acids is 1. The van der Waals surface area contributed by atoms with Crippen molar-refractivity contribution in [2.24, 2.45) is 0 Å². The number of carbonyl (C=O) groups is 1. The van der Waals surface area contributed by atoms with Gasteiger partial charge < -0.3 is 10.4 Å². The number of hydrogen-bond donors (Lipinski definition) is 2. The Bertz CT molecular complexity index is 481. The largest absolute Gasteiger partial charge is 0.476 e. The monoisotopic (exact) mass is 255 g/mol. The van der Waals surface area contributed by atoms with Gasteiger partial charge in [-0.25, -0.2) is 14.8 Å². The Morgan fingerprint density at radius 2 is 2.31 bits per heavy atom. The van der Waals surface area contributed by atoms with Gasteiger partial charge in [-0.05, 0) is 6.92 Å². The van der Waals surface area contributed by atoms with Crippen LogP contribution in [0.2, 0.25) is 0 Å². The molecule has 0 aliphatic rings. The topological polar surface area (TPSA) is 75.1 Å². The van der Waals surface area contributed by atoms with E-state index in [-0.39, 0.29) is 11.7 Å². The number of carboxylic acid groups (broad SMARTS) is 1. The summed E-state index contributed by atoms with van der Waals surface area (Å²) in [5.74, 6) is -1.02. The summed E-state index contributed by atoms with van der Waals surface area (Å²) >= 11 is 2.81. The number of aromatic nitrogens is 2. The molecule has 2 aromatic rings. The molecule has 1 atom stereocenters. The minimum Gasteiger partial charge on any atom is -0.476 e. The van der Waals surface area contributed by atoms with Crippen LogP contribution in [0.25, 0.3) is 0 Å². The number of nitrogens with zero attached hydrogens (tertiary/aromatic N) is 2. The number of hydrogen-bond acceptors (Lipinski definition) is 6. The molecule has 2 heterocycles. The molecule has 0 amide bonds. The lowest BCUT2D eigenvalue weighted by atomic mass is 10.3. The quantitative estimate of drug-likeness (QED) is 0.877. The van der Waals surface area contributed by atoms with Crippen molar-refractivity contribution in [3.8, 4) is 0 Å². The van der Waals surface area contributed by atoms with Crippen LogP contribution in [0, 0.1) is 0 Å². The summed E-state index contributed by atoms with van der Waals surface area (Å²) in [5.41, 5.74) is 1.58. The van der Waals surface area contributed by atoms with E-state index in [4.69, 9.17) is 5.11 Å². The zero-order chi connectivity index (χ0) is 11.5. The first-order valence-electron chi connectivity index (χ1n) is 4.51. The fourth-order valence-electron chi connectivity index (χ4n) is 1.21. The summed E-state index contributed by atoms with van der Waals surface area (Å²) < 4.78 is 0. The molecule has 0 radical (unpaired) electrons. The highest BCUT2D eigenvalue weighted by atomic mass is 32.1. The molecule has 7 heteroatoms. The van der Waals surface area contributed by atoms with Crippen molar-refractivity contribution in [3.63, 3.8) is 0 Å². The van der Waals surface area contributed by atoms with Crippen LogP contribution >= 0.6 is 22.7 Å². The zero-order valence-corrected chi connectivity index (χ0v) is 10.0. The summed E-state index contributed by atoms with van der Waals surface area (Å²) in [7, 11) is 0. The van der Waals surface area contributed by atoms with Crippen molar-refractivity contribution in [3.05, 3.63) is 27.8 Å². The Morgan fingerprint density at radius 1 is 1.50 bits per heavy atom. The Kier molecular flexibility index (Phi) is 3.16. The first kappa shape index (κ1) is 11.0. The van der Waals surface area contributed by atoms with Gasteiger partial charge in [-0.1, -0.05) is 0 Å². The van der Waals surface area contributed by atoms with E-state index >= 15 is 0 Å². The molecular formula is C9H9N3O2S2. The molecular weight excluding hydrogens is 246 g/mol. The van der Waals surface area contributed by atoms with Crippen LogP contribution in [0.15, 0.2) is 17.1 Å². The normalized spacial score (nSPS) is 12.3. The third-order valence-electron chi connectivity index (χ3n) is 1.94. The van der Waals surface area contributed by atoms with E-state index < -0.39 is 5.97 Å². The molecule has 5 nitrogen and oxygen atoms in total. The van der Waals surface area contributed by atoms with E-state index in [1.54, 1.807) is 6.20 Å². The van der Waals surface area contributed by atoms with Crippen molar-refractivity contribution in [2.45, 2.75) is 13.0 Å². The molecule has 0 saturated heterocycles. The molecule has 84 valence electrons. The van der Waals surface area contributed by atoms with Crippen LogP contribution in [0.1, 0.15) is 28.5 Å².